The van der Waals surface area contributed by atoms with Crippen LogP contribution in [-0.2, 0) is 4.79 Å². The van der Waals surface area contributed by atoms with Gasteiger partial charge < -0.3 is 19.4 Å². The summed E-state index contributed by atoms with van der Waals surface area (Å²) in [6.07, 6.45) is 1.61. The van der Waals surface area contributed by atoms with Gasteiger partial charge in [0.15, 0.2) is 18.2 Å². The first-order valence-corrected chi connectivity index (χ1v) is 8.49. The second-order valence-electron chi connectivity index (χ2n) is 6.28. The predicted octanol–water partition coefficient (Wildman–Crippen LogP) is 0.369. The van der Waals surface area contributed by atoms with Crippen LogP contribution in [-0.4, -0.2) is 77.9 Å². The van der Waals surface area contributed by atoms with E-state index in [1.807, 2.05) is 38.1 Å². The number of aryl methyl sites for hydroxylation is 1. The van der Waals surface area contributed by atoms with Crippen LogP contribution < -0.4 is 14.5 Å². The third-order valence-electron chi connectivity index (χ3n) is 4.15. The Morgan fingerprint density at radius 2 is 1.92 bits per heavy atom. The molecular weight excluding hydrogens is 334 g/mol. The number of piperazine rings is 1. The van der Waals surface area contributed by atoms with Crippen LogP contribution in [0.5, 0.6) is 6.01 Å². The standard InChI is InChI=1S/C17H23N7O2/c1-13-6-7-18-17(19-13)26-12-16(25)24-10-8-23(9-11-24)15-5-4-14(20-21-15)22(2)3/h4-7H,8-12H2,1-3H3. The average molecular weight is 357 g/mol. The van der Waals surface area contributed by atoms with Crippen molar-refractivity contribution in [3.63, 3.8) is 0 Å². The highest BCUT2D eigenvalue weighted by molar-refractivity contribution is 5.78. The zero-order valence-electron chi connectivity index (χ0n) is 15.3. The number of carbonyl (C=O) groups excluding carboxylic acids is 1. The number of aromatic nitrogens is 4. The number of amides is 1. The molecule has 0 unspecified atom stereocenters. The second kappa shape index (κ2) is 7.94. The van der Waals surface area contributed by atoms with Crippen molar-refractivity contribution < 1.29 is 9.53 Å². The molecule has 26 heavy (non-hydrogen) atoms. The van der Waals surface area contributed by atoms with E-state index >= 15 is 0 Å². The molecule has 1 aliphatic heterocycles. The lowest BCUT2D eigenvalue weighted by Gasteiger charge is -2.35. The lowest BCUT2D eigenvalue weighted by Crippen LogP contribution is -2.50. The lowest BCUT2D eigenvalue weighted by molar-refractivity contribution is -0.133. The maximum Gasteiger partial charge on any atom is 0.317 e. The van der Waals surface area contributed by atoms with Gasteiger partial charge in [0.25, 0.3) is 5.91 Å². The maximum atomic E-state index is 12.3. The number of hydrogen-bond acceptors (Lipinski definition) is 8. The van der Waals surface area contributed by atoms with Gasteiger partial charge in [-0.1, -0.05) is 0 Å². The minimum Gasteiger partial charge on any atom is -0.453 e. The quantitative estimate of drug-likeness (QED) is 0.758. The number of rotatable bonds is 5. The van der Waals surface area contributed by atoms with E-state index in [1.54, 1.807) is 17.2 Å². The number of nitrogens with zero attached hydrogens (tertiary/aromatic N) is 7. The van der Waals surface area contributed by atoms with Crippen molar-refractivity contribution >= 4 is 17.5 Å². The van der Waals surface area contributed by atoms with Gasteiger partial charge in [0.05, 0.1) is 0 Å². The fraction of sp³-hybridized carbons (Fsp3) is 0.471. The SMILES string of the molecule is Cc1ccnc(OCC(=O)N2CCN(c3ccc(N(C)C)nn3)CC2)n1. The molecule has 0 bridgehead atoms. The van der Waals surface area contributed by atoms with Crippen molar-refractivity contribution in [3.05, 3.63) is 30.1 Å². The zero-order valence-corrected chi connectivity index (χ0v) is 15.3. The molecule has 0 spiro atoms. The van der Waals surface area contributed by atoms with Crippen LogP contribution in [0.25, 0.3) is 0 Å². The monoisotopic (exact) mass is 357 g/mol. The molecule has 9 nitrogen and oxygen atoms in total. The fourth-order valence-electron chi connectivity index (χ4n) is 2.62. The van der Waals surface area contributed by atoms with Crippen molar-refractivity contribution in [2.45, 2.75) is 6.92 Å². The molecule has 1 fully saturated rings. The maximum absolute atomic E-state index is 12.3. The largest absolute Gasteiger partial charge is 0.453 e. The first-order valence-electron chi connectivity index (χ1n) is 8.49. The summed E-state index contributed by atoms with van der Waals surface area (Å²) in [5.74, 6) is 1.58. The Hall–Kier alpha value is -2.97. The van der Waals surface area contributed by atoms with Crippen LogP contribution in [0, 0.1) is 6.92 Å². The third-order valence-corrected chi connectivity index (χ3v) is 4.15. The fourth-order valence-corrected chi connectivity index (χ4v) is 2.62. The smallest absolute Gasteiger partial charge is 0.317 e. The van der Waals surface area contributed by atoms with Crippen molar-refractivity contribution in [2.75, 3.05) is 56.7 Å². The van der Waals surface area contributed by atoms with Crippen LogP contribution in [0.15, 0.2) is 24.4 Å². The van der Waals surface area contributed by atoms with Gasteiger partial charge >= 0.3 is 6.01 Å². The average Bonchev–Trinajstić information content (AvgIpc) is 2.66. The van der Waals surface area contributed by atoms with E-state index in [9.17, 15) is 4.79 Å². The van der Waals surface area contributed by atoms with Gasteiger partial charge in [0, 0.05) is 52.2 Å². The highest BCUT2D eigenvalue weighted by Crippen LogP contribution is 2.15. The van der Waals surface area contributed by atoms with E-state index in [0.29, 0.717) is 26.2 Å². The molecule has 2 aromatic heterocycles. The molecule has 1 amide bonds. The first kappa shape index (κ1) is 17.8. The van der Waals surface area contributed by atoms with E-state index in [1.165, 1.54) is 0 Å². The normalized spacial score (nSPS) is 14.3. The molecule has 9 heteroatoms. The molecule has 0 aromatic carbocycles. The Kier molecular flexibility index (Phi) is 5.45. The summed E-state index contributed by atoms with van der Waals surface area (Å²) in [4.78, 5) is 26.3. The van der Waals surface area contributed by atoms with E-state index < -0.39 is 0 Å². The molecule has 0 atom stereocenters. The van der Waals surface area contributed by atoms with Crippen LogP contribution in [0.3, 0.4) is 0 Å². The molecule has 0 saturated carbocycles. The van der Waals surface area contributed by atoms with Gasteiger partial charge in [-0.25, -0.2) is 9.97 Å². The molecule has 0 aliphatic carbocycles. The Bertz CT molecular complexity index is 743. The lowest BCUT2D eigenvalue weighted by atomic mass is 10.3. The summed E-state index contributed by atoms with van der Waals surface area (Å²) < 4.78 is 5.39. The predicted molar refractivity (Wildman–Crippen MR) is 97.4 cm³/mol. The molecular formula is C17H23N7O2. The summed E-state index contributed by atoms with van der Waals surface area (Å²) >= 11 is 0. The van der Waals surface area contributed by atoms with E-state index in [2.05, 4.69) is 25.1 Å². The van der Waals surface area contributed by atoms with Crippen LogP contribution in [0.1, 0.15) is 5.69 Å². The van der Waals surface area contributed by atoms with Crippen LogP contribution >= 0.6 is 0 Å². The van der Waals surface area contributed by atoms with Gasteiger partial charge in [-0.3, -0.25) is 4.79 Å². The van der Waals surface area contributed by atoms with Gasteiger partial charge in [0.2, 0.25) is 0 Å². The van der Waals surface area contributed by atoms with E-state index in [4.69, 9.17) is 4.74 Å². The number of hydrogen-bond donors (Lipinski definition) is 0. The van der Waals surface area contributed by atoms with Gasteiger partial charge in [-0.2, -0.15) is 0 Å². The topological polar surface area (TPSA) is 87.6 Å². The molecule has 3 heterocycles. The summed E-state index contributed by atoms with van der Waals surface area (Å²) in [6, 6.07) is 5.91. The van der Waals surface area contributed by atoms with Crippen molar-refractivity contribution in [3.8, 4) is 6.01 Å². The molecule has 1 aliphatic rings. The molecule has 0 radical (unpaired) electrons. The van der Waals surface area contributed by atoms with Gasteiger partial charge in [0.1, 0.15) is 0 Å². The Morgan fingerprint density at radius 1 is 1.15 bits per heavy atom. The zero-order chi connectivity index (χ0) is 18.5. The number of carbonyl (C=O) groups is 1. The highest BCUT2D eigenvalue weighted by Gasteiger charge is 2.22. The van der Waals surface area contributed by atoms with Crippen molar-refractivity contribution in [2.24, 2.45) is 0 Å². The second-order valence-corrected chi connectivity index (χ2v) is 6.28. The summed E-state index contributed by atoms with van der Waals surface area (Å²) in [5, 5.41) is 8.46. The minimum atomic E-state index is -0.0659. The van der Waals surface area contributed by atoms with E-state index in [-0.39, 0.29) is 18.5 Å². The molecule has 138 valence electrons. The minimum absolute atomic E-state index is 0.0548. The third kappa shape index (κ3) is 4.35. The van der Waals surface area contributed by atoms with Crippen LogP contribution in [0.2, 0.25) is 0 Å². The van der Waals surface area contributed by atoms with Gasteiger partial charge in [-0.15, -0.1) is 10.2 Å². The molecule has 2 aromatic rings. The number of ether oxygens (including phenoxy) is 1. The van der Waals surface area contributed by atoms with Crippen molar-refractivity contribution in [1.82, 2.24) is 25.1 Å². The highest BCUT2D eigenvalue weighted by atomic mass is 16.5. The summed E-state index contributed by atoms with van der Waals surface area (Å²) in [7, 11) is 3.86. The first-order chi connectivity index (χ1) is 12.5. The molecule has 0 N–H and O–H groups in total. The Labute approximate surface area is 152 Å². The Balaban J connectivity index is 1.49. The summed E-state index contributed by atoms with van der Waals surface area (Å²) in [6.45, 7) is 4.46. The van der Waals surface area contributed by atoms with Crippen molar-refractivity contribution in [1.29, 1.82) is 0 Å². The Morgan fingerprint density at radius 3 is 2.54 bits per heavy atom. The molecule has 3 rings (SSSR count). The molecule has 1 saturated heterocycles. The van der Waals surface area contributed by atoms with Crippen LogP contribution in [0.4, 0.5) is 11.6 Å². The van der Waals surface area contributed by atoms with Gasteiger partial charge in [-0.05, 0) is 25.1 Å². The van der Waals surface area contributed by atoms with E-state index in [0.717, 1.165) is 17.3 Å². The summed E-state index contributed by atoms with van der Waals surface area (Å²) in [5.41, 5.74) is 0.803. The number of anilines is 2.